The van der Waals surface area contributed by atoms with Crippen LogP contribution in [0.15, 0.2) is 11.4 Å². The molecule has 1 aromatic heterocycles. The van der Waals surface area contributed by atoms with E-state index in [1.165, 1.54) is 18.9 Å². The van der Waals surface area contributed by atoms with Crippen LogP contribution in [0.5, 0.6) is 0 Å². The van der Waals surface area contributed by atoms with E-state index in [-0.39, 0.29) is 12.6 Å². The van der Waals surface area contributed by atoms with E-state index < -0.39 is 0 Å². The van der Waals surface area contributed by atoms with Gasteiger partial charge in [-0.3, -0.25) is 4.79 Å². The first kappa shape index (κ1) is 14.1. The van der Waals surface area contributed by atoms with Crippen molar-refractivity contribution in [2.45, 2.75) is 12.2 Å². The van der Waals surface area contributed by atoms with Gasteiger partial charge in [0.1, 0.15) is 0 Å². The second kappa shape index (κ2) is 8.18. The largest absolute Gasteiger partial charge is 0.468 e. The summed E-state index contributed by atoms with van der Waals surface area (Å²) in [4.78, 5) is 12.1. The predicted molar refractivity (Wildman–Crippen MR) is 71.1 cm³/mol. The summed E-state index contributed by atoms with van der Waals surface area (Å²) < 4.78 is 4.57. The van der Waals surface area contributed by atoms with Gasteiger partial charge in [0.2, 0.25) is 0 Å². The number of thioether (sulfide) groups is 1. The lowest BCUT2D eigenvalue weighted by molar-refractivity contribution is -0.137. The molecule has 17 heavy (non-hydrogen) atoms. The number of carbonyl (C=O) groups excluding carboxylic acids is 1. The fourth-order valence-electron chi connectivity index (χ4n) is 1.06. The fourth-order valence-corrected chi connectivity index (χ4v) is 2.93. The van der Waals surface area contributed by atoms with Crippen LogP contribution in [-0.2, 0) is 15.3 Å². The van der Waals surface area contributed by atoms with E-state index in [2.05, 4.69) is 16.6 Å². The normalized spacial score (nSPS) is 9.53. The molecule has 0 saturated carbocycles. The Morgan fingerprint density at radius 1 is 1.65 bits per heavy atom. The first-order valence-electron chi connectivity index (χ1n) is 5.08. The van der Waals surface area contributed by atoms with Crippen LogP contribution in [0.3, 0.4) is 0 Å². The van der Waals surface area contributed by atoms with Crippen molar-refractivity contribution in [3.05, 3.63) is 21.9 Å². The SMILES string of the molecule is COC(=O)CSCc1sccc1C#CCCO. The van der Waals surface area contributed by atoms with E-state index in [4.69, 9.17) is 5.11 Å². The summed E-state index contributed by atoms with van der Waals surface area (Å²) in [5, 5.41) is 10.6. The van der Waals surface area contributed by atoms with Crippen LogP contribution in [0.1, 0.15) is 16.9 Å². The molecule has 1 rings (SSSR count). The highest BCUT2D eigenvalue weighted by molar-refractivity contribution is 7.99. The maximum atomic E-state index is 10.9. The Kier molecular flexibility index (Phi) is 6.78. The molecule has 1 heterocycles. The number of carbonyl (C=O) groups is 1. The highest BCUT2D eigenvalue weighted by atomic mass is 32.2. The summed E-state index contributed by atoms with van der Waals surface area (Å²) in [5.41, 5.74) is 0.987. The number of aliphatic hydroxyl groups is 1. The van der Waals surface area contributed by atoms with E-state index in [0.29, 0.717) is 12.2 Å². The number of hydrogen-bond donors (Lipinski definition) is 1. The molecule has 0 aliphatic heterocycles. The molecule has 0 aliphatic rings. The smallest absolute Gasteiger partial charge is 0.315 e. The molecular formula is C12H14O3S2. The number of ether oxygens (including phenoxy) is 1. The van der Waals surface area contributed by atoms with Crippen LogP contribution < -0.4 is 0 Å². The van der Waals surface area contributed by atoms with Gasteiger partial charge in [-0.05, 0) is 11.4 Å². The molecule has 0 amide bonds. The lowest BCUT2D eigenvalue weighted by Gasteiger charge is -1.99. The number of esters is 1. The molecule has 0 unspecified atom stereocenters. The molecule has 0 radical (unpaired) electrons. The third-order valence-electron chi connectivity index (χ3n) is 1.89. The van der Waals surface area contributed by atoms with Gasteiger partial charge in [-0.15, -0.1) is 23.1 Å². The van der Waals surface area contributed by atoms with Crippen LogP contribution in [0, 0.1) is 11.8 Å². The number of thiophene rings is 1. The Balaban J connectivity index is 2.46. The number of rotatable bonds is 5. The molecule has 0 bridgehead atoms. The molecule has 3 nitrogen and oxygen atoms in total. The van der Waals surface area contributed by atoms with Crippen molar-refractivity contribution in [3.63, 3.8) is 0 Å². The van der Waals surface area contributed by atoms with Gasteiger partial charge in [0.15, 0.2) is 0 Å². The van der Waals surface area contributed by atoms with Crippen LogP contribution in [-0.4, -0.2) is 30.5 Å². The summed E-state index contributed by atoms with van der Waals surface area (Å²) in [6.07, 6.45) is 0.491. The Bertz CT molecular complexity index is 415. The Hall–Kier alpha value is -0.960. The highest BCUT2D eigenvalue weighted by Gasteiger charge is 2.04. The van der Waals surface area contributed by atoms with Gasteiger partial charge in [-0.2, -0.15) is 0 Å². The summed E-state index contributed by atoms with van der Waals surface area (Å²) in [5.74, 6) is 6.82. The molecule has 0 aliphatic carbocycles. The van der Waals surface area contributed by atoms with Gasteiger partial charge in [0.25, 0.3) is 0 Å². The molecule has 0 aromatic carbocycles. The Morgan fingerprint density at radius 3 is 3.18 bits per heavy atom. The van der Waals surface area contributed by atoms with Crippen molar-refractivity contribution >= 4 is 29.1 Å². The van der Waals surface area contributed by atoms with Crippen molar-refractivity contribution < 1.29 is 14.6 Å². The molecule has 0 atom stereocenters. The third-order valence-corrected chi connectivity index (χ3v) is 3.92. The van der Waals surface area contributed by atoms with E-state index in [0.717, 1.165) is 16.2 Å². The van der Waals surface area contributed by atoms with Gasteiger partial charge in [0.05, 0.1) is 19.5 Å². The summed E-state index contributed by atoms with van der Waals surface area (Å²) in [6, 6.07) is 1.96. The second-order valence-electron chi connectivity index (χ2n) is 3.10. The first-order chi connectivity index (χ1) is 8.27. The summed E-state index contributed by atoms with van der Waals surface area (Å²) in [6.45, 7) is 0.0869. The molecule has 5 heteroatoms. The minimum atomic E-state index is -0.209. The van der Waals surface area contributed by atoms with E-state index in [9.17, 15) is 4.79 Å². The molecule has 0 fully saturated rings. The standard InChI is InChI=1S/C12H14O3S2/c1-15-12(14)9-16-8-11-10(5-7-17-11)4-2-3-6-13/h5,7,13H,3,6,8-9H2,1H3. The van der Waals surface area contributed by atoms with Gasteiger partial charge in [0, 0.05) is 22.6 Å². The van der Waals surface area contributed by atoms with Gasteiger partial charge < -0.3 is 9.84 Å². The zero-order valence-electron chi connectivity index (χ0n) is 9.56. The average Bonchev–Trinajstić information content (AvgIpc) is 2.77. The molecular weight excluding hydrogens is 256 g/mol. The second-order valence-corrected chi connectivity index (χ2v) is 5.09. The Labute approximate surface area is 109 Å². The van der Waals surface area contributed by atoms with Crippen molar-refractivity contribution in [2.75, 3.05) is 19.5 Å². The lowest BCUT2D eigenvalue weighted by Crippen LogP contribution is -2.03. The minimum absolute atomic E-state index is 0.0869. The van der Waals surface area contributed by atoms with Crippen LogP contribution in [0.4, 0.5) is 0 Å². The third kappa shape index (κ3) is 5.26. The van der Waals surface area contributed by atoms with E-state index >= 15 is 0 Å². The molecule has 92 valence electrons. The first-order valence-corrected chi connectivity index (χ1v) is 7.12. The van der Waals surface area contributed by atoms with Crippen molar-refractivity contribution in [1.29, 1.82) is 0 Å². The maximum absolute atomic E-state index is 10.9. The number of aliphatic hydroxyl groups excluding tert-OH is 1. The maximum Gasteiger partial charge on any atom is 0.315 e. The van der Waals surface area contributed by atoms with E-state index in [1.807, 2.05) is 11.4 Å². The van der Waals surface area contributed by atoms with Gasteiger partial charge in [-0.25, -0.2) is 0 Å². The Morgan fingerprint density at radius 2 is 2.47 bits per heavy atom. The van der Waals surface area contributed by atoms with Crippen molar-refractivity contribution in [3.8, 4) is 11.8 Å². The fraction of sp³-hybridized carbons (Fsp3) is 0.417. The summed E-state index contributed by atoms with van der Waals surface area (Å²) >= 11 is 3.14. The minimum Gasteiger partial charge on any atom is -0.468 e. The average molecular weight is 270 g/mol. The number of hydrogen-bond acceptors (Lipinski definition) is 5. The van der Waals surface area contributed by atoms with Crippen LogP contribution >= 0.6 is 23.1 Å². The number of methoxy groups -OCH3 is 1. The van der Waals surface area contributed by atoms with Crippen LogP contribution in [0.25, 0.3) is 0 Å². The highest BCUT2D eigenvalue weighted by Crippen LogP contribution is 2.21. The van der Waals surface area contributed by atoms with Gasteiger partial charge >= 0.3 is 5.97 Å². The van der Waals surface area contributed by atoms with Crippen molar-refractivity contribution in [1.82, 2.24) is 0 Å². The topological polar surface area (TPSA) is 46.5 Å². The monoisotopic (exact) mass is 270 g/mol. The quantitative estimate of drug-likeness (QED) is 0.655. The molecule has 0 spiro atoms. The van der Waals surface area contributed by atoms with Gasteiger partial charge in [-0.1, -0.05) is 11.8 Å². The zero-order chi connectivity index (χ0) is 12.5. The zero-order valence-corrected chi connectivity index (χ0v) is 11.2. The molecule has 1 aromatic rings. The van der Waals surface area contributed by atoms with E-state index in [1.54, 1.807) is 11.3 Å². The van der Waals surface area contributed by atoms with Crippen molar-refractivity contribution in [2.24, 2.45) is 0 Å². The molecule has 1 N–H and O–H groups in total. The summed E-state index contributed by atoms with van der Waals surface area (Å²) in [7, 11) is 1.39. The lowest BCUT2D eigenvalue weighted by atomic mass is 10.2. The van der Waals surface area contributed by atoms with Crippen LogP contribution in [0.2, 0.25) is 0 Å². The molecule has 0 saturated heterocycles. The predicted octanol–water partition coefficient (Wildman–Crippen LogP) is 1.89.